The summed E-state index contributed by atoms with van der Waals surface area (Å²) < 4.78 is 34.4. The summed E-state index contributed by atoms with van der Waals surface area (Å²) in [5, 5.41) is 3.88. The van der Waals surface area contributed by atoms with Crippen LogP contribution in [0.4, 0.5) is 5.69 Å². The molecule has 0 aromatic heterocycles. The molecule has 0 aliphatic carbocycles. The van der Waals surface area contributed by atoms with Crippen molar-refractivity contribution in [3.05, 3.63) is 87.4 Å². The Kier molecular flexibility index (Phi) is 11.2. The number of halogens is 3. The molecule has 1 atom stereocenters. The fourth-order valence-electron chi connectivity index (χ4n) is 4.30. The van der Waals surface area contributed by atoms with Crippen LogP contribution in [0.1, 0.15) is 39.7 Å². The van der Waals surface area contributed by atoms with Crippen molar-refractivity contribution in [1.29, 1.82) is 0 Å². The van der Waals surface area contributed by atoms with Gasteiger partial charge < -0.3 is 15.0 Å². The number of sulfonamides is 1. The number of methoxy groups -OCH3 is 1. The second-order valence-electron chi connectivity index (χ2n) is 10.6. The van der Waals surface area contributed by atoms with Gasteiger partial charge in [-0.2, -0.15) is 0 Å². The van der Waals surface area contributed by atoms with Crippen molar-refractivity contribution in [3.63, 3.8) is 0 Å². The third-order valence-electron chi connectivity index (χ3n) is 6.26. The molecular weight excluding hydrogens is 621 g/mol. The van der Waals surface area contributed by atoms with Gasteiger partial charge in [0.2, 0.25) is 11.8 Å². The van der Waals surface area contributed by atoms with E-state index in [2.05, 4.69) is 5.32 Å². The summed E-state index contributed by atoms with van der Waals surface area (Å²) in [4.78, 5) is 29.0. The van der Waals surface area contributed by atoms with Gasteiger partial charge in [0.1, 0.15) is 18.3 Å². The molecule has 0 aliphatic heterocycles. The van der Waals surface area contributed by atoms with Crippen LogP contribution in [0.25, 0.3) is 0 Å². The molecule has 3 aromatic rings. The average Bonchev–Trinajstić information content (AvgIpc) is 2.92. The maximum atomic E-state index is 14.2. The van der Waals surface area contributed by atoms with E-state index in [0.29, 0.717) is 15.6 Å². The third kappa shape index (κ3) is 8.31. The highest BCUT2D eigenvalue weighted by molar-refractivity contribution is 7.92. The van der Waals surface area contributed by atoms with Gasteiger partial charge in [-0.1, -0.05) is 66.0 Å². The molecule has 1 N–H and O–H groups in total. The molecule has 0 radical (unpaired) electrons. The smallest absolute Gasteiger partial charge is 0.264 e. The highest BCUT2D eigenvalue weighted by atomic mass is 35.5. The highest BCUT2D eigenvalue weighted by Crippen LogP contribution is 2.35. The molecule has 0 heterocycles. The van der Waals surface area contributed by atoms with E-state index in [0.717, 1.165) is 4.31 Å². The van der Waals surface area contributed by atoms with E-state index in [9.17, 15) is 18.0 Å². The molecular formula is C30H34Cl3N3O5S. The minimum atomic E-state index is -4.30. The minimum Gasteiger partial charge on any atom is -0.495 e. The molecule has 42 heavy (non-hydrogen) atoms. The predicted octanol–water partition coefficient (Wildman–Crippen LogP) is 6.57. The number of carbonyl (C=O) groups is 2. The van der Waals surface area contributed by atoms with Crippen LogP contribution in [-0.4, -0.2) is 50.4 Å². The fourth-order valence-corrected chi connectivity index (χ4v) is 6.37. The highest BCUT2D eigenvalue weighted by Gasteiger charge is 2.35. The number of carbonyl (C=O) groups excluding carboxylic acids is 2. The van der Waals surface area contributed by atoms with Crippen LogP contribution < -0.4 is 14.4 Å². The Morgan fingerprint density at radius 2 is 1.57 bits per heavy atom. The van der Waals surface area contributed by atoms with Crippen molar-refractivity contribution in [2.75, 3.05) is 18.0 Å². The van der Waals surface area contributed by atoms with Crippen LogP contribution in [0.5, 0.6) is 5.75 Å². The number of anilines is 1. The van der Waals surface area contributed by atoms with Crippen LogP contribution in [0.2, 0.25) is 15.1 Å². The number of nitrogens with zero attached hydrogens (tertiary/aromatic N) is 2. The Balaban J connectivity index is 2.15. The van der Waals surface area contributed by atoms with Crippen LogP contribution >= 0.6 is 34.8 Å². The van der Waals surface area contributed by atoms with Gasteiger partial charge in [0.05, 0.1) is 17.7 Å². The molecule has 0 saturated carbocycles. The fraction of sp³-hybridized carbons (Fsp3) is 0.333. The number of hydrogen-bond acceptors (Lipinski definition) is 5. The van der Waals surface area contributed by atoms with Gasteiger partial charge in [0, 0.05) is 27.2 Å². The average molecular weight is 655 g/mol. The van der Waals surface area contributed by atoms with Crippen molar-refractivity contribution in [1.82, 2.24) is 10.2 Å². The van der Waals surface area contributed by atoms with Crippen molar-refractivity contribution in [2.24, 2.45) is 0 Å². The lowest BCUT2D eigenvalue weighted by Crippen LogP contribution is -2.55. The molecule has 0 unspecified atom stereocenters. The quantitative estimate of drug-likeness (QED) is 0.252. The number of amides is 2. The number of rotatable bonds is 11. The first kappa shape index (κ1) is 33.5. The minimum absolute atomic E-state index is 0.0374. The zero-order chi connectivity index (χ0) is 31.2. The van der Waals surface area contributed by atoms with Crippen LogP contribution in [0.3, 0.4) is 0 Å². The molecule has 0 aliphatic rings. The summed E-state index contributed by atoms with van der Waals surface area (Å²) in [6, 6.07) is 16.1. The normalized spacial score (nSPS) is 12.4. The van der Waals surface area contributed by atoms with Crippen LogP contribution in [0.15, 0.2) is 71.6 Å². The van der Waals surface area contributed by atoms with E-state index < -0.39 is 34.1 Å². The zero-order valence-electron chi connectivity index (χ0n) is 24.0. The molecule has 0 spiro atoms. The first-order valence-corrected chi connectivity index (χ1v) is 15.7. The number of ether oxygens (including phenoxy) is 1. The van der Waals surface area contributed by atoms with Gasteiger partial charge in [0.25, 0.3) is 10.0 Å². The van der Waals surface area contributed by atoms with E-state index in [-0.39, 0.29) is 40.2 Å². The second kappa shape index (κ2) is 14.0. The van der Waals surface area contributed by atoms with E-state index in [1.807, 2.05) is 20.8 Å². The standard InChI is InChI=1S/C30H34Cl3N3O5S/c1-6-25(29(38)34-30(2,3)4)35(18-20-12-13-21(31)16-24(20)33)28(37)19-36(26-17-22(32)14-15-27(26)41-5)42(39,40)23-10-8-7-9-11-23/h7-17,25H,6,18-19H2,1-5H3,(H,34,38)/t25-/m0/s1. The molecule has 2 amide bonds. The van der Waals surface area contributed by atoms with Crippen molar-refractivity contribution in [3.8, 4) is 5.75 Å². The lowest BCUT2D eigenvalue weighted by atomic mass is 10.1. The Morgan fingerprint density at radius 3 is 2.14 bits per heavy atom. The maximum absolute atomic E-state index is 14.2. The first-order chi connectivity index (χ1) is 19.7. The lowest BCUT2D eigenvalue weighted by Gasteiger charge is -2.35. The van der Waals surface area contributed by atoms with E-state index in [4.69, 9.17) is 39.5 Å². The summed E-state index contributed by atoms with van der Waals surface area (Å²) in [7, 11) is -2.91. The molecule has 0 fully saturated rings. The zero-order valence-corrected chi connectivity index (χ0v) is 27.1. The van der Waals surface area contributed by atoms with Crippen molar-refractivity contribution < 1.29 is 22.7 Å². The van der Waals surface area contributed by atoms with Crippen LogP contribution in [0, 0.1) is 0 Å². The Bertz CT molecular complexity index is 1530. The van der Waals surface area contributed by atoms with Gasteiger partial charge in [-0.15, -0.1) is 0 Å². The Labute approximate surface area is 262 Å². The van der Waals surface area contributed by atoms with Crippen molar-refractivity contribution in [2.45, 2.75) is 57.1 Å². The molecule has 226 valence electrons. The summed E-state index contributed by atoms with van der Waals surface area (Å²) in [5.41, 5.74) is 0.0293. The largest absolute Gasteiger partial charge is 0.495 e. The Morgan fingerprint density at radius 1 is 0.952 bits per heavy atom. The molecule has 3 rings (SSSR count). The predicted molar refractivity (Wildman–Crippen MR) is 168 cm³/mol. The van der Waals surface area contributed by atoms with Crippen LogP contribution in [-0.2, 0) is 26.2 Å². The van der Waals surface area contributed by atoms with Gasteiger partial charge in [-0.3, -0.25) is 13.9 Å². The Hall–Kier alpha value is -2.98. The molecule has 0 bridgehead atoms. The van der Waals surface area contributed by atoms with E-state index >= 15 is 0 Å². The summed E-state index contributed by atoms with van der Waals surface area (Å²) in [6.07, 6.45) is 0.255. The van der Waals surface area contributed by atoms with Gasteiger partial charge in [-0.25, -0.2) is 8.42 Å². The lowest BCUT2D eigenvalue weighted by molar-refractivity contribution is -0.141. The molecule has 12 heteroatoms. The molecule has 3 aromatic carbocycles. The SMILES string of the molecule is CC[C@@H](C(=O)NC(C)(C)C)N(Cc1ccc(Cl)cc1Cl)C(=O)CN(c1cc(Cl)ccc1OC)S(=O)(=O)c1ccccc1. The van der Waals surface area contributed by atoms with Crippen molar-refractivity contribution >= 4 is 62.3 Å². The van der Waals surface area contributed by atoms with Gasteiger partial charge in [-0.05, 0) is 75.2 Å². The third-order valence-corrected chi connectivity index (χ3v) is 8.86. The van der Waals surface area contributed by atoms with Gasteiger partial charge in [0.15, 0.2) is 0 Å². The van der Waals surface area contributed by atoms with Gasteiger partial charge >= 0.3 is 0 Å². The summed E-state index contributed by atoms with van der Waals surface area (Å²) >= 11 is 18.8. The van der Waals surface area contributed by atoms with E-state index in [1.54, 1.807) is 49.4 Å². The number of hydrogen-bond donors (Lipinski definition) is 1. The summed E-state index contributed by atoms with van der Waals surface area (Å²) in [5.74, 6) is -0.837. The molecule has 8 nitrogen and oxygen atoms in total. The number of benzene rings is 3. The molecule has 0 saturated heterocycles. The number of nitrogens with one attached hydrogen (secondary N) is 1. The second-order valence-corrected chi connectivity index (χ2v) is 13.7. The first-order valence-electron chi connectivity index (χ1n) is 13.1. The topological polar surface area (TPSA) is 96.0 Å². The summed E-state index contributed by atoms with van der Waals surface area (Å²) in [6.45, 7) is 6.54. The van der Waals surface area contributed by atoms with E-state index in [1.165, 1.54) is 36.3 Å². The monoisotopic (exact) mass is 653 g/mol. The maximum Gasteiger partial charge on any atom is 0.264 e.